The van der Waals surface area contributed by atoms with Crippen LogP contribution < -0.4 is 5.32 Å². The number of amides is 3. The van der Waals surface area contributed by atoms with Crippen LogP contribution in [0.15, 0.2) is 24.3 Å². The van der Waals surface area contributed by atoms with Gasteiger partial charge >= 0.3 is 5.97 Å². The molecule has 23 heavy (non-hydrogen) atoms. The number of hydrogen-bond acceptors (Lipinski definition) is 5. The third kappa shape index (κ3) is 5.07. The second-order valence-electron chi connectivity index (χ2n) is 4.94. The number of benzene rings is 1. The van der Waals surface area contributed by atoms with Crippen molar-refractivity contribution in [1.82, 2.24) is 10.2 Å². The Morgan fingerprint density at radius 2 is 1.74 bits per heavy atom. The summed E-state index contributed by atoms with van der Waals surface area (Å²) in [7, 11) is 0. The first kappa shape index (κ1) is 17.0. The number of hydrogen-bond donors (Lipinski definition) is 1. The van der Waals surface area contributed by atoms with E-state index >= 15 is 0 Å². The third-order valence-corrected chi connectivity index (χ3v) is 3.46. The first-order valence-corrected chi connectivity index (χ1v) is 7.33. The molecule has 8 heteroatoms. The summed E-state index contributed by atoms with van der Waals surface area (Å²) in [6.07, 6.45) is 0.210. The molecule has 0 spiro atoms. The zero-order chi connectivity index (χ0) is 16.8. The van der Waals surface area contributed by atoms with E-state index in [-0.39, 0.29) is 19.4 Å². The Kier molecular flexibility index (Phi) is 5.70. The number of rotatable bonds is 6. The molecule has 1 heterocycles. The maximum Gasteiger partial charge on any atom is 0.326 e. The number of esters is 1. The summed E-state index contributed by atoms with van der Waals surface area (Å²) < 4.78 is 4.75. The molecule has 1 aromatic rings. The van der Waals surface area contributed by atoms with Crippen LogP contribution in [0.25, 0.3) is 0 Å². The molecular formula is C15H15ClN2O5. The molecule has 0 saturated carbocycles. The second kappa shape index (κ2) is 7.73. The molecule has 1 aliphatic heterocycles. The number of nitrogens with zero attached hydrogens (tertiary/aromatic N) is 1. The van der Waals surface area contributed by atoms with E-state index in [9.17, 15) is 19.2 Å². The van der Waals surface area contributed by atoms with E-state index in [0.29, 0.717) is 5.02 Å². The first-order valence-electron chi connectivity index (χ1n) is 6.95. The summed E-state index contributed by atoms with van der Waals surface area (Å²) >= 11 is 5.75. The van der Waals surface area contributed by atoms with Gasteiger partial charge in [0.1, 0.15) is 6.54 Å². The Bertz CT molecular complexity index is 613. The number of halogens is 1. The molecule has 0 bridgehead atoms. The Balaban J connectivity index is 1.69. The fourth-order valence-electron chi connectivity index (χ4n) is 1.97. The van der Waals surface area contributed by atoms with Gasteiger partial charge in [-0.25, -0.2) is 0 Å². The average molecular weight is 339 g/mol. The van der Waals surface area contributed by atoms with Crippen molar-refractivity contribution >= 4 is 35.3 Å². The maximum atomic E-state index is 11.6. The van der Waals surface area contributed by atoms with Gasteiger partial charge in [0.2, 0.25) is 11.8 Å². The van der Waals surface area contributed by atoms with Gasteiger partial charge in [-0.2, -0.15) is 0 Å². The van der Waals surface area contributed by atoms with Crippen molar-refractivity contribution in [3.8, 4) is 0 Å². The molecule has 2 rings (SSSR count). The SMILES string of the molecule is O=C(COC(=O)CN1C(=O)CCC1=O)NCc1ccc(Cl)cc1. The number of carbonyl (C=O) groups excluding carboxylic acids is 4. The lowest BCUT2D eigenvalue weighted by Crippen LogP contribution is -2.36. The summed E-state index contributed by atoms with van der Waals surface area (Å²) in [5, 5.41) is 3.18. The normalized spacial score (nSPS) is 14.0. The fourth-order valence-corrected chi connectivity index (χ4v) is 2.10. The van der Waals surface area contributed by atoms with Crippen LogP contribution in [-0.2, 0) is 30.5 Å². The van der Waals surface area contributed by atoms with Crippen LogP contribution in [0.5, 0.6) is 0 Å². The van der Waals surface area contributed by atoms with E-state index in [2.05, 4.69) is 5.32 Å². The van der Waals surface area contributed by atoms with Crippen molar-refractivity contribution < 1.29 is 23.9 Å². The van der Waals surface area contributed by atoms with Gasteiger partial charge in [-0.05, 0) is 17.7 Å². The summed E-state index contributed by atoms with van der Waals surface area (Å²) in [4.78, 5) is 46.7. The highest BCUT2D eigenvalue weighted by Gasteiger charge is 2.30. The van der Waals surface area contributed by atoms with Crippen LogP contribution in [-0.4, -0.2) is 41.7 Å². The Labute approximate surface area is 137 Å². The molecule has 122 valence electrons. The van der Waals surface area contributed by atoms with Crippen molar-refractivity contribution in [2.24, 2.45) is 0 Å². The van der Waals surface area contributed by atoms with Gasteiger partial charge in [0.15, 0.2) is 6.61 Å². The fraction of sp³-hybridized carbons (Fsp3) is 0.333. The van der Waals surface area contributed by atoms with E-state index in [1.54, 1.807) is 24.3 Å². The zero-order valence-corrected chi connectivity index (χ0v) is 13.0. The molecule has 0 unspecified atom stereocenters. The highest BCUT2D eigenvalue weighted by molar-refractivity contribution is 6.30. The van der Waals surface area contributed by atoms with Crippen molar-refractivity contribution in [3.63, 3.8) is 0 Å². The van der Waals surface area contributed by atoms with Crippen molar-refractivity contribution in [2.75, 3.05) is 13.2 Å². The number of imide groups is 1. The van der Waals surface area contributed by atoms with Crippen LogP contribution in [0.2, 0.25) is 5.02 Å². The molecule has 1 aromatic carbocycles. The predicted octanol–water partition coefficient (Wildman–Crippen LogP) is 0.648. The molecule has 0 aliphatic carbocycles. The van der Waals surface area contributed by atoms with E-state index in [1.165, 1.54) is 0 Å². The van der Waals surface area contributed by atoms with Crippen molar-refractivity contribution in [1.29, 1.82) is 0 Å². The lowest BCUT2D eigenvalue weighted by Gasteiger charge is -2.12. The van der Waals surface area contributed by atoms with Gasteiger partial charge < -0.3 is 10.1 Å². The lowest BCUT2D eigenvalue weighted by molar-refractivity contribution is -0.154. The minimum Gasteiger partial charge on any atom is -0.454 e. The first-order chi connectivity index (χ1) is 11.0. The minimum absolute atomic E-state index is 0.105. The topological polar surface area (TPSA) is 92.8 Å². The van der Waals surface area contributed by atoms with Crippen molar-refractivity contribution in [2.45, 2.75) is 19.4 Å². The maximum absolute atomic E-state index is 11.6. The molecule has 3 amide bonds. The summed E-state index contributed by atoms with van der Waals surface area (Å²) in [6, 6.07) is 6.93. The number of ether oxygens (including phenoxy) is 1. The molecule has 1 N–H and O–H groups in total. The number of likely N-dealkylation sites (tertiary alicyclic amines) is 1. The highest BCUT2D eigenvalue weighted by Crippen LogP contribution is 2.11. The van der Waals surface area contributed by atoms with Gasteiger partial charge in [0, 0.05) is 24.4 Å². The molecule has 1 fully saturated rings. The minimum atomic E-state index is -0.796. The largest absolute Gasteiger partial charge is 0.454 e. The molecule has 0 radical (unpaired) electrons. The summed E-state index contributed by atoms with van der Waals surface area (Å²) in [6.45, 7) is -0.651. The molecule has 0 aromatic heterocycles. The van der Waals surface area contributed by atoms with Crippen LogP contribution in [0, 0.1) is 0 Å². The quantitative estimate of drug-likeness (QED) is 0.607. The zero-order valence-electron chi connectivity index (χ0n) is 12.2. The summed E-state index contributed by atoms with van der Waals surface area (Å²) in [5.41, 5.74) is 0.849. The lowest BCUT2D eigenvalue weighted by atomic mass is 10.2. The van der Waals surface area contributed by atoms with Gasteiger partial charge in [0.25, 0.3) is 5.91 Å². The smallest absolute Gasteiger partial charge is 0.326 e. The van der Waals surface area contributed by atoms with E-state index in [1.807, 2.05) is 0 Å². The van der Waals surface area contributed by atoms with Gasteiger partial charge in [-0.1, -0.05) is 23.7 Å². The Hall–Kier alpha value is -2.41. The van der Waals surface area contributed by atoms with Crippen LogP contribution in [0.1, 0.15) is 18.4 Å². The summed E-state index contributed by atoms with van der Waals surface area (Å²) in [5.74, 6) is -2.08. The molecule has 1 aliphatic rings. The van der Waals surface area contributed by atoms with E-state index in [0.717, 1.165) is 10.5 Å². The molecular weight excluding hydrogens is 324 g/mol. The highest BCUT2D eigenvalue weighted by atomic mass is 35.5. The van der Waals surface area contributed by atoms with Gasteiger partial charge in [-0.3, -0.25) is 24.1 Å². The molecule has 0 atom stereocenters. The Morgan fingerprint density at radius 3 is 2.35 bits per heavy atom. The monoisotopic (exact) mass is 338 g/mol. The molecule has 1 saturated heterocycles. The third-order valence-electron chi connectivity index (χ3n) is 3.21. The van der Waals surface area contributed by atoms with E-state index in [4.69, 9.17) is 16.3 Å². The average Bonchev–Trinajstić information content (AvgIpc) is 2.84. The molecule has 7 nitrogen and oxygen atoms in total. The van der Waals surface area contributed by atoms with Crippen LogP contribution in [0.4, 0.5) is 0 Å². The predicted molar refractivity (Wildman–Crippen MR) is 80.2 cm³/mol. The van der Waals surface area contributed by atoms with Gasteiger partial charge in [0.05, 0.1) is 0 Å². The second-order valence-corrected chi connectivity index (χ2v) is 5.37. The van der Waals surface area contributed by atoms with E-state index < -0.39 is 36.8 Å². The number of carbonyl (C=O) groups is 4. The van der Waals surface area contributed by atoms with Crippen LogP contribution in [0.3, 0.4) is 0 Å². The number of nitrogens with one attached hydrogen (secondary N) is 1. The van der Waals surface area contributed by atoms with Gasteiger partial charge in [-0.15, -0.1) is 0 Å². The van der Waals surface area contributed by atoms with Crippen LogP contribution >= 0.6 is 11.6 Å². The standard InChI is InChI=1S/C15H15ClN2O5/c16-11-3-1-10(2-4-11)7-17-12(19)9-23-15(22)8-18-13(20)5-6-14(18)21/h1-4H,5-9H2,(H,17,19). The van der Waals surface area contributed by atoms with Crippen molar-refractivity contribution in [3.05, 3.63) is 34.9 Å². The Morgan fingerprint density at radius 1 is 1.13 bits per heavy atom.